The molecule has 1 amide bonds. The van der Waals surface area contributed by atoms with E-state index in [2.05, 4.69) is 0 Å². The lowest BCUT2D eigenvalue weighted by atomic mass is 10.0. The second-order valence-corrected chi connectivity index (χ2v) is 5.96. The Bertz CT molecular complexity index is 742. The molecule has 0 radical (unpaired) electrons. The number of rotatable bonds is 3. The quantitative estimate of drug-likeness (QED) is 0.847. The maximum absolute atomic E-state index is 13.7. The zero-order chi connectivity index (χ0) is 17.1. The number of aryl methyl sites for hydroxylation is 1. The first-order valence-corrected chi connectivity index (χ1v) is 7.99. The minimum atomic E-state index is -0.463. The van der Waals surface area contributed by atoms with Gasteiger partial charge in [-0.05, 0) is 55.7 Å². The molecule has 1 fully saturated rings. The SMILES string of the molecule is Cc1ccc(F)cc1C(=O)N(c1cccc(F)c1)C1CCOCC1. The van der Waals surface area contributed by atoms with Gasteiger partial charge in [-0.1, -0.05) is 12.1 Å². The zero-order valence-electron chi connectivity index (χ0n) is 13.5. The zero-order valence-corrected chi connectivity index (χ0v) is 13.5. The highest BCUT2D eigenvalue weighted by molar-refractivity contribution is 6.07. The van der Waals surface area contributed by atoms with E-state index in [4.69, 9.17) is 4.74 Å². The summed E-state index contributed by atoms with van der Waals surface area (Å²) < 4.78 is 32.7. The van der Waals surface area contributed by atoms with Crippen molar-refractivity contribution in [3.8, 4) is 0 Å². The van der Waals surface area contributed by atoms with Crippen LogP contribution in [0.5, 0.6) is 0 Å². The molecule has 0 spiro atoms. The molecule has 1 heterocycles. The predicted octanol–water partition coefficient (Wildman–Crippen LogP) is 4.10. The Morgan fingerprint density at radius 3 is 2.50 bits per heavy atom. The van der Waals surface area contributed by atoms with Gasteiger partial charge in [0.15, 0.2) is 0 Å². The molecule has 1 aliphatic heterocycles. The lowest BCUT2D eigenvalue weighted by Crippen LogP contribution is -2.44. The van der Waals surface area contributed by atoms with Gasteiger partial charge in [0.05, 0.1) is 0 Å². The van der Waals surface area contributed by atoms with Crippen molar-refractivity contribution < 1.29 is 18.3 Å². The highest BCUT2D eigenvalue weighted by atomic mass is 19.1. The van der Waals surface area contributed by atoms with Gasteiger partial charge >= 0.3 is 0 Å². The number of halogens is 2. The Morgan fingerprint density at radius 2 is 1.79 bits per heavy atom. The molecule has 0 aliphatic carbocycles. The Hall–Kier alpha value is -2.27. The largest absolute Gasteiger partial charge is 0.381 e. The number of hydrogen-bond donors (Lipinski definition) is 0. The fourth-order valence-electron chi connectivity index (χ4n) is 3.02. The second-order valence-electron chi connectivity index (χ2n) is 5.96. The standard InChI is InChI=1S/C19H19F2NO2/c1-13-5-6-15(21)12-18(13)19(23)22(16-7-9-24-10-8-16)17-4-2-3-14(20)11-17/h2-6,11-12,16H,7-10H2,1H3. The average molecular weight is 331 g/mol. The molecule has 0 bridgehead atoms. The van der Waals surface area contributed by atoms with E-state index < -0.39 is 11.6 Å². The lowest BCUT2D eigenvalue weighted by Gasteiger charge is -2.34. The number of hydrogen-bond acceptors (Lipinski definition) is 2. The maximum atomic E-state index is 13.7. The van der Waals surface area contributed by atoms with Gasteiger partial charge < -0.3 is 9.64 Å². The number of nitrogens with zero attached hydrogens (tertiary/aromatic N) is 1. The summed E-state index contributed by atoms with van der Waals surface area (Å²) in [6.07, 6.45) is 1.33. The highest BCUT2D eigenvalue weighted by Gasteiger charge is 2.29. The lowest BCUT2D eigenvalue weighted by molar-refractivity contribution is 0.0771. The molecule has 0 saturated carbocycles. The van der Waals surface area contributed by atoms with Crippen LogP contribution in [0.2, 0.25) is 0 Å². The minimum Gasteiger partial charge on any atom is -0.381 e. The monoisotopic (exact) mass is 331 g/mol. The van der Waals surface area contributed by atoms with E-state index >= 15 is 0 Å². The number of benzene rings is 2. The molecule has 0 N–H and O–H groups in total. The number of ether oxygens (including phenoxy) is 1. The third-order valence-electron chi connectivity index (χ3n) is 4.29. The summed E-state index contributed by atoms with van der Waals surface area (Å²) in [5.74, 6) is -1.19. The number of amides is 1. The average Bonchev–Trinajstić information content (AvgIpc) is 2.58. The summed E-state index contributed by atoms with van der Waals surface area (Å²) in [6, 6.07) is 9.99. The highest BCUT2D eigenvalue weighted by Crippen LogP contribution is 2.27. The molecule has 1 saturated heterocycles. The van der Waals surface area contributed by atoms with E-state index in [0.717, 1.165) is 0 Å². The molecule has 0 atom stereocenters. The first-order chi connectivity index (χ1) is 11.6. The summed E-state index contributed by atoms with van der Waals surface area (Å²) in [4.78, 5) is 14.7. The molecular weight excluding hydrogens is 312 g/mol. The van der Waals surface area contributed by atoms with Crippen LogP contribution in [0.1, 0.15) is 28.8 Å². The van der Waals surface area contributed by atoms with E-state index in [0.29, 0.717) is 42.9 Å². The van der Waals surface area contributed by atoms with E-state index in [1.54, 1.807) is 30.0 Å². The summed E-state index contributed by atoms with van der Waals surface area (Å²) in [7, 11) is 0. The smallest absolute Gasteiger partial charge is 0.258 e. The fourth-order valence-corrected chi connectivity index (χ4v) is 3.02. The molecule has 2 aromatic rings. The van der Waals surface area contributed by atoms with E-state index in [1.807, 2.05) is 0 Å². The van der Waals surface area contributed by atoms with Crippen LogP contribution in [0.3, 0.4) is 0 Å². The second kappa shape index (κ2) is 7.09. The fraction of sp³-hybridized carbons (Fsp3) is 0.316. The molecule has 0 unspecified atom stereocenters. The Kier molecular flexibility index (Phi) is 4.90. The Labute approximate surface area is 139 Å². The van der Waals surface area contributed by atoms with Crippen molar-refractivity contribution in [2.75, 3.05) is 18.1 Å². The van der Waals surface area contributed by atoms with Crippen LogP contribution in [0.25, 0.3) is 0 Å². The molecule has 0 aromatic heterocycles. The summed E-state index contributed by atoms with van der Waals surface area (Å²) in [6.45, 7) is 2.86. The van der Waals surface area contributed by atoms with Crippen molar-refractivity contribution in [2.24, 2.45) is 0 Å². The van der Waals surface area contributed by atoms with Gasteiger partial charge in [-0.25, -0.2) is 8.78 Å². The van der Waals surface area contributed by atoms with Gasteiger partial charge in [0.1, 0.15) is 11.6 Å². The maximum Gasteiger partial charge on any atom is 0.258 e. The molecule has 1 aliphatic rings. The van der Waals surface area contributed by atoms with Crippen molar-refractivity contribution >= 4 is 11.6 Å². The molecule has 24 heavy (non-hydrogen) atoms. The van der Waals surface area contributed by atoms with Crippen molar-refractivity contribution in [3.63, 3.8) is 0 Å². The Balaban J connectivity index is 2.03. The van der Waals surface area contributed by atoms with Crippen molar-refractivity contribution in [1.29, 1.82) is 0 Å². The third-order valence-corrected chi connectivity index (χ3v) is 4.29. The normalized spacial score (nSPS) is 15.3. The molecule has 5 heteroatoms. The van der Waals surface area contributed by atoms with Crippen LogP contribution >= 0.6 is 0 Å². The summed E-state index contributed by atoms with van der Waals surface area (Å²) in [5.41, 5.74) is 1.47. The van der Waals surface area contributed by atoms with Crippen LogP contribution < -0.4 is 4.90 Å². The van der Waals surface area contributed by atoms with Crippen LogP contribution in [-0.2, 0) is 4.74 Å². The van der Waals surface area contributed by atoms with Crippen LogP contribution in [0.15, 0.2) is 42.5 Å². The van der Waals surface area contributed by atoms with Crippen LogP contribution in [-0.4, -0.2) is 25.2 Å². The van der Waals surface area contributed by atoms with Gasteiger partial charge in [0.25, 0.3) is 5.91 Å². The molecule has 126 valence electrons. The van der Waals surface area contributed by atoms with Crippen molar-refractivity contribution in [1.82, 2.24) is 0 Å². The minimum absolute atomic E-state index is 0.101. The topological polar surface area (TPSA) is 29.5 Å². The Morgan fingerprint density at radius 1 is 1.08 bits per heavy atom. The van der Waals surface area contributed by atoms with Gasteiger partial charge in [-0.3, -0.25) is 4.79 Å². The number of carbonyl (C=O) groups excluding carboxylic acids is 1. The predicted molar refractivity (Wildman–Crippen MR) is 88.2 cm³/mol. The van der Waals surface area contributed by atoms with Crippen molar-refractivity contribution in [2.45, 2.75) is 25.8 Å². The van der Waals surface area contributed by atoms with E-state index in [9.17, 15) is 13.6 Å². The van der Waals surface area contributed by atoms with Gasteiger partial charge in [-0.15, -0.1) is 0 Å². The molecule has 3 rings (SSSR count). The van der Waals surface area contributed by atoms with E-state index in [-0.39, 0.29) is 11.9 Å². The van der Waals surface area contributed by atoms with E-state index in [1.165, 1.54) is 24.3 Å². The summed E-state index contributed by atoms with van der Waals surface area (Å²) in [5, 5.41) is 0. The van der Waals surface area contributed by atoms with Gasteiger partial charge in [0.2, 0.25) is 0 Å². The van der Waals surface area contributed by atoms with Gasteiger partial charge in [-0.2, -0.15) is 0 Å². The number of carbonyl (C=O) groups is 1. The molecule has 2 aromatic carbocycles. The number of anilines is 1. The summed E-state index contributed by atoms with van der Waals surface area (Å²) >= 11 is 0. The third kappa shape index (κ3) is 3.46. The van der Waals surface area contributed by atoms with Crippen LogP contribution in [0, 0.1) is 18.6 Å². The van der Waals surface area contributed by atoms with Crippen LogP contribution in [0.4, 0.5) is 14.5 Å². The molecule has 3 nitrogen and oxygen atoms in total. The van der Waals surface area contributed by atoms with Gasteiger partial charge in [0, 0.05) is 30.5 Å². The molecular formula is C19H19F2NO2. The van der Waals surface area contributed by atoms with Crippen molar-refractivity contribution in [3.05, 3.63) is 65.2 Å². The first-order valence-electron chi connectivity index (χ1n) is 7.99. The first kappa shape index (κ1) is 16.6.